The minimum absolute atomic E-state index is 0.000512. The van der Waals surface area contributed by atoms with Crippen molar-refractivity contribution in [1.82, 2.24) is 100 Å². The molecule has 724 valence electrons. The average Bonchev–Trinajstić information content (AvgIpc) is 1.39. The van der Waals surface area contributed by atoms with Crippen LogP contribution in [0.5, 0.6) is 0 Å². The number of aliphatic hydroxyl groups excluding tert-OH is 1. The number of carbonyl (C=O) groups is 16. The van der Waals surface area contributed by atoms with Crippen LogP contribution in [0, 0.1) is 47.3 Å². The van der Waals surface area contributed by atoms with Gasteiger partial charge in [0.15, 0.2) is 0 Å². The van der Waals surface area contributed by atoms with Crippen molar-refractivity contribution in [3.05, 3.63) is 144 Å². The van der Waals surface area contributed by atoms with E-state index in [-0.39, 0.29) is 94.1 Å². The molecule has 14 atom stereocenters. The third kappa shape index (κ3) is 32.7. The highest BCUT2D eigenvalue weighted by Gasteiger charge is 2.40. The number of rotatable bonds is 53. The maximum atomic E-state index is 15.4. The van der Waals surface area contributed by atoms with Crippen molar-refractivity contribution in [3.63, 3.8) is 0 Å². The average molecular weight is 1840 g/mol. The molecule has 3 aromatic heterocycles. The van der Waals surface area contributed by atoms with E-state index in [0.717, 1.165) is 27.4 Å². The van der Waals surface area contributed by atoms with E-state index in [1.165, 1.54) is 13.8 Å². The van der Waals surface area contributed by atoms with E-state index in [9.17, 15) is 53.1 Å². The van der Waals surface area contributed by atoms with Crippen molar-refractivity contribution in [3.8, 4) is 0 Å². The number of hydrogen-bond donors (Lipinski definition) is 20. The van der Waals surface area contributed by atoms with Crippen LogP contribution in [0.15, 0.2) is 122 Å². The lowest BCUT2D eigenvalue weighted by atomic mass is 9.97. The smallest absolute Gasteiger partial charge is 0.243 e. The lowest BCUT2D eigenvalue weighted by Crippen LogP contribution is -2.62. The summed E-state index contributed by atoms with van der Waals surface area (Å²) in [5, 5.41) is 55.6. The van der Waals surface area contributed by atoms with Gasteiger partial charge in [0.1, 0.15) is 84.6 Å². The number of hydrogen-bond acceptors (Lipinski definition) is 17. The summed E-state index contributed by atoms with van der Waals surface area (Å²) < 4.78 is 0. The first kappa shape index (κ1) is 107. The molecule has 0 aliphatic heterocycles. The van der Waals surface area contributed by atoms with Crippen LogP contribution in [0.2, 0.25) is 0 Å². The number of nitrogens with one attached hydrogen (secondary N) is 19. The second-order valence-electron chi connectivity index (χ2n) is 37.3. The van der Waals surface area contributed by atoms with Crippen LogP contribution >= 0.6 is 0 Å². The monoisotopic (exact) mass is 1840 g/mol. The minimum Gasteiger partial charge on any atom is -0.395 e. The third-order valence-corrected chi connectivity index (χ3v) is 22.8. The van der Waals surface area contributed by atoms with Gasteiger partial charge in [0.25, 0.3) is 0 Å². The van der Waals surface area contributed by atoms with E-state index in [2.05, 4.69) is 100 Å². The summed E-state index contributed by atoms with van der Waals surface area (Å²) >= 11 is 0. The number of aliphatic hydroxyl groups is 1. The number of benzene rings is 4. The highest BCUT2D eigenvalue weighted by molar-refractivity contribution is 6.02. The van der Waals surface area contributed by atoms with Crippen molar-refractivity contribution in [1.29, 1.82) is 0 Å². The lowest BCUT2D eigenvalue weighted by Gasteiger charge is -2.31. The SMILES string of the molecule is CC(C)C[C@@H](NC(=O)[C@H](C)NC(=O)CNC(=O)[C@@H](NC=O)C(C)C)C(=O)N[C@@H](C)C(=O)N[C@@H](C(=O)N[C@H](C(=O)N[C@@H](C(=O)N[C@@H](Cc1c[nH]c2ccccc12)C(=O)N[C@H](CC(C)C)C(=O)N[C@@H](Cc1ccccc1)C(=O)N[C@H](CC(C)C)C(=O)N[C@@H](Cc1c[nH]c2ccccc12)C(=O)N[C@H](CC(C)C)C(=O)N[C@@H](Cc1c[nH]c2ccccc12)C(=O)NCCO)C(C)C)C(C)C)C(C)C. The topological polar surface area (TPSA) is 533 Å². The zero-order valence-corrected chi connectivity index (χ0v) is 79.6. The normalized spacial score (nSPS) is 14.8. The molecule has 36 nitrogen and oxygen atoms in total. The second kappa shape index (κ2) is 51.7. The maximum absolute atomic E-state index is 15.4. The summed E-state index contributed by atoms with van der Waals surface area (Å²) in [6, 6.07) is 12.8. The molecule has 0 fully saturated rings. The highest BCUT2D eigenvalue weighted by Crippen LogP contribution is 2.25. The van der Waals surface area contributed by atoms with Crippen molar-refractivity contribution < 1.29 is 81.8 Å². The number of para-hydroxylation sites is 3. The Balaban J connectivity index is 1.09. The summed E-state index contributed by atoms with van der Waals surface area (Å²) in [6.45, 7) is 29.7. The van der Waals surface area contributed by atoms with Crippen LogP contribution in [0.25, 0.3) is 32.7 Å². The molecular formula is C97H139N19O17. The van der Waals surface area contributed by atoms with Crippen molar-refractivity contribution in [2.75, 3.05) is 19.7 Å². The Morgan fingerprint density at radius 2 is 0.579 bits per heavy atom. The maximum Gasteiger partial charge on any atom is 0.243 e. The van der Waals surface area contributed by atoms with E-state index in [1.54, 1.807) is 124 Å². The van der Waals surface area contributed by atoms with Crippen LogP contribution < -0.4 is 85.1 Å². The van der Waals surface area contributed by atoms with Gasteiger partial charge in [-0.15, -0.1) is 0 Å². The van der Waals surface area contributed by atoms with Crippen LogP contribution in [0.3, 0.4) is 0 Å². The summed E-state index contributed by atoms with van der Waals surface area (Å²) in [6.07, 6.45) is 5.40. The first-order valence-electron chi connectivity index (χ1n) is 46.0. The lowest BCUT2D eigenvalue weighted by molar-refractivity contribution is -0.137. The molecule has 4 aromatic carbocycles. The van der Waals surface area contributed by atoms with E-state index in [4.69, 9.17) is 0 Å². The Kier molecular flexibility index (Phi) is 41.6. The molecule has 7 rings (SSSR count). The Labute approximate surface area is 777 Å². The van der Waals surface area contributed by atoms with E-state index in [0.29, 0.717) is 34.0 Å². The fourth-order valence-electron chi connectivity index (χ4n) is 15.6. The molecule has 20 N–H and O–H groups in total. The predicted molar refractivity (Wildman–Crippen MR) is 506 cm³/mol. The Hall–Kier alpha value is -13.0. The molecule has 0 unspecified atom stereocenters. The largest absolute Gasteiger partial charge is 0.395 e. The molecule has 0 spiro atoms. The van der Waals surface area contributed by atoms with Crippen molar-refractivity contribution in [2.24, 2.45) is 47.3 Å². The number of carbonyl (C=O) groups excluding carboxylic acids is 16. The van der Waals surface area contributed by atoms with Gasteiger partial charge in [0.2, 0.25) is 95.0 Å². The van der Waals surface area contributed by atoms with Gasteiger partial charge >= 0.3 is 0 Å². The molecule has 3 heterocycles. The van der Waals surface area contributed by atoms with Gasteiger partial charge < -0.3 is 105 Å². The molecule has 36 heteroatoms. The summed E-state index contributed by atoms with van der Waals surface area (Å²) in [7, 11) is 0. The van der Waals surface area contributed by atoms with Gasteiger partial charge in [0.05, 0.1) is 13.2 Å². The van der Waals surface area contributed by atoms with Gasteiger partial charge in [-0.05, 0) is 127 Å². The minimum atomic E-state index is -1.46. The molecule has 0 aliphatic rings. The zero-order chi connectivity index (χ0) is 98.2. The predicted octanol–water partition coefficient (Wildman–Crippen LogP) is 3.89. The van der Waals surface area contributed by atoms with Crippen LogP contribution in [-0.4, -0.2) is 219 Å². The van der Waals surface area contributed by atoms with Crippen LogP contribution in [0.1, 0.15) is 173 Å². The Morgan fingerprint density at radius 1 is 0.293 bits per heavy atom. The Bertz CT molecular complexity index is 5130. The van der Waals surface area contributed by atoms with Gasteiger partial charge in [-0.3, -0.25) is 76.7 Å². The van der Waals surface area contributed by atoms with Crippen LogP contribution in [-0.2, 0) is 102 Å². The molecule has 0 saturated heterocycles. The number of aromatic amines is 3. The molecule has 0 saturated carbocycles. The highest BCUT2D eigenvalue weighted by atomic mass is 16.3. The van der Waals surface area contributed by atoms with Crippen LogP contribution in [0.4, 0.5) is 0 Å². The van der Waals surface area contributed by atoms with Crippen molar-refractivity contribution >= 4 is 128 Å². The molecule has 0 aliphatic carbocycles. The standard InChI is InChI=1S/C97H139N19O17/c1-51(2)38-71(106-84(120)59(17)104-79(119)49-102-94(130)80(55(9)10)103-50-118)87(123)105-60(18)85(121)114-82(57(13)14)96(132)116-83(58(15)16)97(133)115-81(56(11)12)95(131)113-78(45-64-48-101-70-35-27-24-32-67(64)70)93(129)109-72(39-52(3)4)88(124)110-75(42-61-28-20-19-21-29-61)91(127)107-74(41-54(7)8)90(126)112-77(44-63-47-100-69-34-26-23-31-66(63)69)92(128)108-73(40-53(5)6)89(125)111-76(86(122)98-36-37-117)43-62-46-99-68-33-25-22-30-65(62)68/h19-35,46-48,50-60,71-78,80-83,99-101,117H,36-45,49H2,1-18H3,(H,98,122)(H,102,130)(H,103,118)(H,104,119)(H,105,123)(H,106,120)(H,107,127)(H,108,128)(H,109,129)(H,110,124)(H,111,125)(H,112,126)(H,113,131)(H,114,121)(H,115,133)(H,116,132)/t59-,60-,71+,72+,73+,74+,75-,76-,77-,78-,80-,81+,82+,83-/m0/s1. The van der Waals surface area contributed by atoms with Gasteiger partial charge in [-0.1, -0.05) is 196 Å². The summed E-state index contributed by atoms with van der Waals surface area (Å²) in [5.74, 6) is -14.5. The number of aromatic nitrogens is 3. The fourth-order valence-corrected chi connectivity index (χ4v) is 15.6. The first-order chi connectivity index (χ1) is 63.0. The quantitative estimate of drug-likeness (QED) is 0.0240. The number of fused-ring (bicyclic) bond motifs is 3. The van der Waals surface area contributed by atoms with Gasteiger partial charge in [-0.2, -0.15) is 0 Å². The fraction of sp³-hybridized carbons (Fsp3) is 0.526. The number of amides is 16. The van der Waals surface area contributed by atoms with Crippen molar-refractivity contribution in [2.45, 2.75) is 261 Å². The molecule has 7 aromatic rings. The molecule has 0 radical (unpaired) electrons. The van der Waals surface area contributed by atoms with E-state index < -0.39 is 197 Å². The Morgan fingerprint density at radius 3 is 0.932 bits per heavy atom. The molecular weight excluding hydrogens is 1700 g/mol. The second-order valence-corrected chi connectivity index (χ2v) is 37.3. The summed E-state index contributed by atoms with van der Waals surface area (Å²) in [4.78, 5) is 237. The molecule has 133 heavy (non-hydrogen) atoms. The molecule has 0 bridgehead atoms. The van der Waals surface area contributed by atoms with E-state index >= 15 is 28.8 Å². The zero-order valence-electron chi connectivity index (χ0n) is 79.6. The third-order valence-electron chi connectivity index (χ3n) is 22.8. The first-order valence-corrected chi connectivity index (χ1v) is 46.0. The van der Waals surface area contributed by atoms with Gasteiger partial charge in [0, 0.05) is 83.5 Å². The summed E-state index contributed by atoms with van der Waals surface area (Å²) in [5.41, 5.74) is 4.81. The number of H-pyrrole nitrogens is 3. The van der Waals surface area contributed by atoms with Gasteiger partial charge in [-0.25, -0.2) is 0 Å². The van der Waals surface area contributed by atoms with E-state index in [1.807, 2.05) is 108 Å². The molecule has 16 amide bonds.